The lowest BCUT2D eigenvalue weighted by molar-refractivity contribution is -0.115. The minimum absolute atomic E-state index is 0.260. The molecule has 0 aliphatic rings. The van der Waals surface area contributed by atoms with E-state index in [2.05, 4.69) is 17.2 Å². The van der Waals surface area contributed by atoms with Gasteiger partial charge in [-0.3, -0.25) is 10.1 Å². The molecule has 0 atom stereocenters. The number of hydrogen-bond donors (Lipinski definition) is 2. The normalized spacial score (nSPS) is 9.78. The van der Waals surface area contributed by atoms with Crippen LogP contribution in [0, 0.1) is 0 Å². The standard InChI is InChI=1S/C14H12N2OS/c1-2-13(17)16-14(18)15-12-9-5-7-10-6-3-4-8-11(10)12/h2-9H,1H2,(H2,15,16,17,18). The highest BCUT2D eigenvalue weighted by molar-refractivity contribution is 7.80. The second-order valence-corrected chi connectivity index (χ2v) is 4.08. The fourth-order valence-electron chi connectivity index (χ4n) is 1.65. The molecule has 0 bridgehead atoms. The van der Waals surface area contributed by atoms with Gasteiger partial charge in [0.05, 0.1) is 0 Å². The smallest absolute Gasteiger partial charge is 0.249 e. The lowest BCUT2D eigenvalue weighted by Crippen LogP contribution is -2.32. The molecule has 0 saturated carbocycles. The summed E-state index contributed by atoms with van der Waals surface area (Å²) in [4.78, 5) is 11.1. The van der Waals surface area contributed by atoms with E-state index in [1.165, 1.54) is 6.08 Å². The highest BCUT2D eigenvalue weighted by Crippen LogP contribution is 2.22. The van der Waals surface area contributed by atoms with Gasteiger partial charge in [-0.15, -0.1) is 0 Å². The quantitative estimate of drug-likeness (QED) is 0.641. The number of nitrogens with one attached hydrogen (secondary N) is 2. The van der Waals surface area contributed by atoms with Gasteiger partial charge in [0.15, 0.2) is 5.11 Å². The van der Waals surface area contributed by atoms with E-state index in [4.69, 9.17) is 12.2 Å². The minimum Gasteiger partial charge on any atom is -0.332 e. The van der Waals surface area contributed by atoms with Crippen LogP contribution >= 0.6 is 12.2 Å². The van der Waals surface area contributed by atoms with Crippen LogP contribution in [0.15, 0.2) is 55.1 Å². The van der Waals surface area contributed by atoms with Crippen molar-refractivity contribution < 1.29 is 4.79 Å². The first-order chi connectivity index (χ1) is 8.70. The first kappa shape index (κ1) is 12.3. The maximum Gasteiger partial charge on any atom is 0.249 e. The molecular weight excluding hydrogens is 244 g/mol. The van der Waals surface area contributed by atoms with E-state index >= 15 is 0 Å². The van der Waals surface area contributed by atoms with Gasteiger partial charge in [0, 0.05) is 11.1 Å². The van der Waals surface area contributed by atoms with Gasteiger partial charge in [-0.05, 0) is 29.7 Å². The Labute approximate surface area is 111 Å². The van der Waals surface area contributed by atoms with Gasteiger partial charge in [-0.1, -0.05) is 43.0 Å². The van der Waals surface area contributed by atoms with Crippen molar-refractivity contribution in [2.24, 2.45) is 0 Å². The van der Waals surface area contributed by atoms with Crippen LogP contribution in [0.3, 0.4) is 0 Å². The van der Waals surface area contributed by atoms with Gasteiger partial charge in [-0.25, -0.2) is 0 Å². The zero-order chi connectivity index (χ0) is 13.0. The highest BCUT2D eigenvalue weighted by Gasteiger charge is 2.03. The average molecular weight is 256 g/mol. The second-order valence-electron chi connectivity index (χ2n) is 3.67. The molecule has 0 aliphatic carbocycles. The molecule has 0 aliphatic heterocycles. The van der Waals surface area contributed by atoms with Crippen LogP contribution in [0.5, 0.6) is 0 Å². The Balaban J connectivity index is 2.24. The lowest BCUT2D eigenvalue weighted by Gasteiger charge is -2.10. The van der Waals surface area contributed by atoms with Crippen molar-refractivity contribution in [1.29, 1.82) is 0 Å². The van der Waals surface area contributed by atoms with Crippen molar-refractivity contribution in [3.05, 3.63) is 55.1 Å². The fourth-order valence-corrected chi connectivity index (χ4v) is 1.86. The zero-order valence-electron chi connectivity index (χ0n) is 9.64. The predicted octanol–water partition coefficient (Wildman–Crippen LogP) is 2.84. The summed E-state index contributed by atoms with van der Waals surface area (Å²) in [5.74, 6) is -0.326. The molecule has 2 aromatic carbocycles. The minimum atomic E-state index is -0.326. The summed E-state index contributed by atoms with van der Waals surface area (Å²) in [5.41, 5.74) is 0.863. The van der Waals surface area contributed by atoms with E-state index in [0.29, 0.717) is 0 Å². The molecule has 1 amide bonds. The Morgan fingerprint density at radius 3 is 2.67 bits per heavy atom. The predicted molar refractivity (Wildman–Crippen MR) is 78.5 cm³/mol. The molecular formula is C14H12N2OS. The van der Waals surface area contributed by atoms with E-state index in [0.717, 1.165) is 16.5 Å². The maximum absolute atomic E-state index is 11.1. The zero-order valence-corrected chi connectivity index (χ0v) is 10.5. The van der Waals surface area contributed by atoms with Gasteiger partial charge in [0.2, 0.25) is 5.91 Å². The number of amides is 1. The van der Waals surface area contributed by atoms with Crippen molar-refractivity contribution in [1.82, 2.24) is 5.32 Å². The topological polar surface area (TPSA) is 41.1 Å². The second kappa shape index (κ2) is 5.42. The molecule has 2 aromatic rings. The summed E-state index contributed by atoms with van der Waals surface area (Å²) in [6, 6.07) is 13.8. The summed E-state index contributed by atoms with van der Waals surface area (Å²) in [7, 11) is 0. The fraction of sp³-hybridized carbons (Fsp3) is 0. The highest BCUT2D eigenvalue weighted by atomic mass is 32.1. The van der Waals surface area contributed by atoms with E-state index in [-0.39, 0.29) is 11.0 Å². The monoisotopic (exact) mass is 256 g/mol. The SMILES string of the molecule is C=CC(=O)NC(=S)Nc1cccc2ccccc12. The van der Waals surface area contributed by atoms with Gasteiger partial charge < -0.3 is 5.32 Å². The molecule has 0 radical (unpaired) electrons. The Morgan fingerprint density at radius 2 is 1.89 bits per heavy atom. The molecule has 4 heteroatoms. The van der Waals surface area contributed by atoms with Crippen LogP contribution in [0.2, 0.25) is 0 Å². The van der Waals surface area contributed by atoms with Crippen molar-refractivity contribution in [2.75, 3.05) is 5.32 Å². The number of benzene rings is 2. The van der Waals surface area contributed by atoms with Crippen LogP contribution in [-0.2, 0) is 4.79 Å². The van der Waals surface area contributed by atoms with Crippen LogP contribution in [0.25, 0.3) is 10.8 Å². The molecule has 0 aromatic heterocycles. The summed E-state index contributed by atoms with van der Waals surface area (Å²) in [6.45, 7) is 3.37. The number of rotatable bonds is 2. The van der Waals surface area contributed by atoms with Crippen molar-refractivity contribution in [3.8, 4) is 0 Å². The molecule has 0 heterocycles. The first-order valence-electron chi connectivity index (χ1n) is 5.43. The molecule has 2 rings (SSSR count). The Morgan fingerprint density at radius 1 is 1.17 bits per heavy atom. The number of fused-ring (bicyclic) bond motifs is 1. The Bertz CT molecular complexity index is 617. The summed E-state index contributed by atoms with van der Waals surface area (Å²) < 4.78 is 0. The van der Waals surface area contributed by atoms with Crippen LogP contribution in [0.1, 0.15) is 0 Å². The summed E-state index contributed by atoms with van der Waals surface area (Å²) >= 11 is 5.05. The Hall–Kier alpha value is -2.20. The molecule has 0 saturated heterocycles. The third kappa shape index (κ3) is 2.73. The van der Waals surface area contributed by atoms with Crippen LogP contribution < -0.4 is 10.6 Å². The molecule has 90 valence electrons. The maximum atomic E-state index is 11.1. The third-order valence-corrected chi connectivity index (χ3v) is 2.66. The lowest BCUT2D eigenvalue weighted by atomic mass is 10.1. The summed E-state index contributed by atoms with van der Waals surface area (Å²) in [6.07, 6.45) is 1.18. The third-order valence-electron chi connectivity index (χ3n) is 2.46. The van der Waals surface area contributed by atoms with E-state index < -0.39 is 0 Å². The van der Waals surface area contributed by atoms with E-state index in [1.807, 2.05) is 42.5 Å². The molecule has 0 spiro atoms. The molecule has 3 nitrogen and oxygen atoms in total. The molecule has 18 heavy (non-hydrogen) atoms. The molecule has 0 unspecified atom stereocenters. The number of carbonyl (C=O) groups excluding carboxylic acids is 1. The summed E-state index contributed by atoms with van der Waals surface area (Å²) in [5, 5.41) is 7.93. The Kier molecular flexibility index (Phi) is 3.69. The van der Waals surface area contributed by atoms with E-state index in [9.17, 15) is 4.79 Å². The average Bonchev–Trinajstić information content (AvgIpc) is 2.39. The number of hydrogen-bond acceptors (Lipinski definition) is 2. The van der Waals surface area contributed by atoms with Crippen molar-refractivity contribution in [2.45, 2.75) is 0 Å². The van der Waals surface area contributed by atoms with Crippen molar-refractivity contribution >= 4 is 39.7 Å². The van der Waals surface area contributed by atoms with Gasteiger partial charge >= 0.3 is 0 Å². The van der Waals surface area contributed by atoms with Crippen LogP contribution in [0.4, 0.5) is 5.69 Å². The van der Waals surface area contributed by atoms with Crippen LogP contribution in [-0.4, -0.2) is 11.0 Å². The molecule has 0 fully saturated rings. The van der Waals surface area contributed by atoms with Crippen molar-refractivity contribution in [3.63, 3.8) is 0 Å². The van der Waals surface area contributed by atoms with Gasteiger partial charge in [-0.2, -0.15) is 0 Å². The number of anilines is 1. The van der Waals surface area contributed by atoms with Gasteiger partial charge in [0.1, 0.15) is 0 Å². The first-order valence-corrected chi connectivity index (χ1v) is 5.83. The largest absolute Gasteiger partial charge is 0.332 e. The van der Waals surface area contributed by atoms with E-state index in [1.54, 1.807) is 0 Å². The van der Waals surface area contributed by atoms with Gasteiger partial charge in [0.25, 0.3) is 0 Å². The number of carbonyl (C=O) groups is 1. The molecule has 2 N–H and O–H groups in total. The number of thiocarbonyl (C=S) groups is 1.